The lowest BCUT2D eigenvalue weighted by atomic mass is 10.2. The largest absolute Gasteiger partial charge is 0.394 e. The quantitative estimate of drug-likeness (QED) is 0.632. The molecule has 1 aliphatic heterocycles. The van der Waals surface area contributed by atoms with Crippen molar-refractivity contribution >= 4 is 17.2 Å². The molecule has 0 aliphatic carbocycles. The van der Waals surface area contributed by atoms with Crippen LogP contribution in [0.4, 0.5) is 5.82 Å². The highest BCUT2D eigenvalue weighted by atomic mass is 32.1. The summed E-state index contributed by atoms with van der Waals surface area (Å²) in [6.45, 7) is -0.312. The smallest absolute Gasteiger partial charge is 0.351 e. The standard InChI is InChI=1S/C19H19N3O4S/c20-18-12(16-7-6-15(27-16)11-4-2-1-3-5-11)9-22(19(25)21-18)17-8-13(24)14(10-23)26-17/h1-7,9,13-14,17,23-24H,8,10H2,(H2,20,21,25)/t13-,14+,17-/m0/s1. The van der Waals surface area contributed by atoms with Gasteiger partial charge in [0.25, 0.3) is 0 Å². The molecule has 7 nitrogen and oxygen atoms in total. The van der Waals surface area contributed by atoms with Gasteiger partial charge in [-0.15, -0.1) is 11.3 Å². The lowest BCUT2D eigenvalue weighted by Gasteiger charge is -2.15. The first-order valence-electron chi connectivity index (χ1n) is 8.55. The molecule has 8 heteroatoms. The van der Waals surface area contributed by atoms with Crippen molar-refractivity contribution in [2.75, 3.05) is 12.3 Å². The molecule has 1 fully saturated rings. The Bertz CT molecular complexity index is 1000. The first-order valence-corrected chi connectivity index (χ1v) is 9.37. The van der Waals surface area contributed by atoms with Crippen LogP contribution < -0.4 is 11.4 Å². The van der Waals surface area contributed by atoms with Gasteiger partial charge in [0.15, 0.2) is 0 Å². The Morgan fingerprint density at radius 3 is 2.67 bits per heavy atom. The Morgan fingerprint density at radius 1 is 1.22 bits per heavy atom. The van der Waals surface area contributed by atoms with E-state index in [2.05, 4.69) is 4.98 Å². The van der Waals surface area contributed by atoms with E-state index >= 15 is 0 Å². The van der Waals surface area contributed by atoms with E-state index in [0.717, 1.165) is 15.3 Å². The number of hydrogen-bond acceptors (Lipinski definition) is 7. The molecule has 4 rings (SSSR count). The zero-order chi connectivity index (χ0) is 19.0. The third kappa shape index (κ3) is 3.40. The lowest BCUT2D eigenvalue weighted by Crippen LogP contribution is -2.28. The van der Waals surface area contributed by atoms with Crippen LogP contribution in [0.25, 0.3) is 20.9 Å². The topological polar surface area (TPSA) is 111 Å². The Hall–Kier alpha value is -2.52. The van der Waals surface area contributed by atoms with E-state index in [1.54, 1.807) is 17.5 Å². The average Bonchev–Trinajstić information content (AvgIpc) is 3.29. The Kier molecular flexibility index (Phi) is 4.79. The van der Waals surface area contributed by atoms with Crippen LogP contribution in [0.3, 0.4) is 0 Å². The molecule has 0 amide bonds. The molecule has 0 saturated carbocycles. The molecule has 3 heterocycles. The summed E-state index contributed by atoms with van der Waals surface area (Å²) in [6, 6.07) is 13.9. The summed E-state index contributed by atoms with van der Waals surface area (Å²) in [5.74, 6) is 0.148. The van der Waals surface area contributed by atoms with E-state index in [1.165, 1.54) is 4.57 Å². The van der Waals surface area contributed by atoms with Crippen molar-refractivity contribution in [2.45, 2.75) is 24.9 Å². The molecular weight excluding hydrogens is 366 g/mol. The summed E-state index contributed by atoms with van der Waals surface area (Å²) >= 11 is 1.55. The number of ether oxygens (including phenoxy) is 1. The number of thiophene rings is 1. The van der Waals surface area contributed by atoms with Gasteiger partial charge in [-0.3, -0.25) is 4.57 Å². The molecule has 3 aromatic rings. The summed E-state index contributed by atoms with van der Waals surface area (Å²) in [7, 11) is 0. The number of aliphatic hydroxyl groups is 2. The number of rotatable bonds is 4. The monoisotopic (exact) mass is 385 g/mol. The summed E-state index contributed by atoms with van der Waals surface area (Å²) < 4.78 is 6.91. The molecule has 27 heavy (non-hydrogen) atoms. The summed E-state index contributed by atoms with van der Waals surface area (Å²) in [4.78, 5) is 18.2. The molecule has 0 unspecified atom stereocenters. The number of aromatic nitrogens is 2. The van der Waals surface area contributed by atoms with Crippen LogP contribution in [0.15, 0.2) is 53.5 Å². The SMILES string of the molecule is Nc1nc(=O)n([C@@H]2C[C@H](O)[C@@H](CO)O2)cc1-c1ccc(-c2ccccc2)s1. The number of aliphatic hydroxyl groups excluding tert-OH is 2. The van der Waals surface area contributed by atoms with E-state index in [0.29, 0.717) is 5.56 Å². The molecule has 3 atom stereocenters. The molecule has 4 N–H and O–H groups in total. The summed E-state index contributed by atoms with van der Waals surface area (Å²) in [6.07, 6.45) is -0.420. The van der Waals surface area contributed by atoms with Crippen LogP contribution in [0.1, 0.15) is 12.6 Å². The maximum Gasteiger partial charge on any atom is 0.351 e. The molecule has 1 aliphatic rings. The average molecular weight is 385 g/mol. The molecule has 0 spiro atoms. The van der Waals surface area contributed by atoms with Gasteiger partial charge in [0.05, 0.1) is 18.3 Å². The highest BCUT2D eigenvalue weighted by molar-refractivity contribution is 7.18. The van der Waals surface area contributed by atoms with Crippen molar-refractivity contribution in [3.05, 3.63) is 59.1 Å². The maximum absolute atomic E-state index is 12.3. The van der Waals surface area contributed by atoms with Crippen LogP contribution in [-0.4, -0.2) is 38.6 Å². The Balaban J connectivity index is 1.70. The van der Waals surface area contributed by atoms with Crippen LogP contribution in [0, 0.1) is 0 Å². The van der Waals surface area contributed by atoms with E-state index in [-0.39, 0.29) is 18.8 Å². The zero-order valence-corrected chi connectivity index (χ0v) is 15.2. The van der Waals surface area contributed by atoms with E-state index in [1.807, 2.05) is 42.5 Å². The van der Waals surface area contributed by atoms with E-state index in [4.69, 9.17) is 10.5 Å². The minimum Gasteiger partial charge on any atom is -0.394 e. The number of nitrogens with zero attached hydrogens (tertiary/aromatic N) is 2. The van der Waals surface area contributed by atoms with Crippen LogP contribution in [0.5, 0.6) is 0 Å². The molecule has 0 radical (unpaired) electrons. The molecule has 1 saturated heterocycles. The van der Waals surface area contributed by atoms with Crippen LogP contribution in [-0.2, 0) is 4.74 Å². The normalized spacial score (nSPS) is 22.2. The van der Waals surface area contributed by atoms with Crippen LogP contribution in [0.2, 0.25) is 0 Å². The molecule has 1 aromatic carbocycles. The third-order valence-electron chi connectivity index (χ3n) is 4.61. The predicted molar refractivity (Wildman–Crippen MR) is 103 cm³/mol. The van der Waals surface area contributed by atoms with Gasteiger partial charge in [-0.05, 0) is 17.7 Å². The second-order valence-electron chi connectivity index (χ2n) is 6.37. The van der Waals surface area contributed by atoms with Gasteiger partial charge < -0.3 is 20.7 Å². The van der Waals surface area contributed by atoms with Crippen molar-refractivity contribution in [1.29, 1.82) is 0 Å². The van der Waals surface area contributed by atoms with Crippen LogP contribution >= 0.6 is 11.3 Å². The van der Waals surface area contributed by atoms with Crippen molar-refractivity contribution in [3.8, 4) is 20.9 Å². The molecule has 140 valence electrons. The first kappa shape index (κ1) is 17.9. The van der Waals surface area contributed by atoms with Crippen molar-refractivity contribution in [3.63, 3.8) is 0 Å². The van der Waals surface area contributed by atoms with Gasteiger partial charge in [0.1, 0.15) is 18.1 Å². The van der Waals surface area contributed by atoms with Crippen molar-refractivity contribution < 1.29 is 14.9 Å². The fourth-order valence-electron chi connectivity index (χ4n) is 3.17. The molecule has 2 aromatic heterocycles. The van der Waals surface area contributed by atoms with Gasteiger partial charge in [0.2, 0.25) is 0 Å². The predicted octanol–water partition coefficient (Wildman–Crippen LogP) is 1.86. The van der Waals surface area contributed by atoms with Gasteiger partial charge in [-0.25, -0.2) is 4.79 Å². The fraction of sp³-hybridized carbons (Fsp3) is 0.263. The third-order valence-corrected chi connectivity index (χ3v) is 5.77. The number of nitrogen functional groups attached to an aromatic ring is 1. The second-order valence-corrected chi connectivity index (χ2v) is 7.46. The molecular formula is C19H19N3O4S. The van der Waals surface area contributed by atoms with Gasteiger partial charge >= 0.3 is 5.69 Å². The Morgan fingerprint density at radius 2 is 1.96 bits per heavy atom. The summed E-state index contributed by atoms with van der Waals surface area (Å²) in [5, 5.41) is 19.2. The molecule has 0 bridgehead atoms. The van der Waals surface area contributed by atoms with Gasteiger partial charge in [-0.1, -0.05) is 30.3 Å². The lowest BCUT2D eigenvalue weighted by molar-refractivity contribution is -0.0458. The first-order chi connectivity index (χ1) is 13.1. The van der Waals surface area contributed by atoms with Gasteiger partial charge in [-0.2, -0.15) is 4.98 Å². The number of benzene rings is 1. The van der Waals surface area contributed by atoms with Crippen molar-refractivity contribution in [2.24, 2.45) is 0 Å². The highest BCUT2D eigenvalue weighted by Gasteiger charge is 2.35. The minimum atomic E-state index is -0.834. The second kappa shape index (κ2) is 7.24. The summed E-state index contributed by atoms with van der Waals surface area (Å²) in [5.41, 5.74) is 7.18. The fourth-order valence-corrected chi connectivity index (χ4v) is 4.20. The highest BCUT2D eigenvalue weighted by Crippen LogP contribution is 2.36. The van der Waals surface area contributed by atoms with Crippen molar-refractivity contribution in [1.82, 2.24) is 9.55 Å². The Labute approximate surface area is 159 Å². The van der Waals surface area contributed by atoms with E-state index < -0.39 is 24.1 Å². The number of hydrogen-bond donors (Lipinski definition) is 3. The number of nitrogens with two attached hydrogens (primary N) is 1. The minimum absolute atomic E-state index is 0.148. The maximum atomic E-state index is 12.3. The van der Waals surface area contributed by atoms with Gasteiger partial charge in [0, 0.05) is 22.4 Å². The number of anilines is 1. The zero-order valence-electron chi connectivity index (χ0n) is 14.4. The van der Waals surface area contributed by atoms with E-state index in [9.17, 15) is 15.0 Å².